The predicted octanol–water partition coefficient (Wildman–Crippen LogP) is -0.102. The molecule has 0 spiro atoms. The quantitative estimate of drug-likeness (QED) is 0.323. The Morgan fingerprint density at radius 1 is 1.26 bits per heavy atom. The van der Waals surface area contributed by atoms with E-state index in [2.05, 4.69) is 9.47 Å². The Labute approximate surface area is 110 Å². The zero-order valence-corrected chi connectivity index (χ0v) is 11.0. The molecule has 106 valence electrons. The van der Waals surface area contributed by atoms with Crippen molar-refractivity contribution >= 4 is 11.9 Å². The number of hydrogen-bond acceptors (Lipinski definition) is 7. The van der Waals surface area contributed by atoms with Crippen LogP contribution in [-0.2, 0) is 28.5 Å². The van der Waals surface area contributed by atoms with Crippen molar-refractivity contribution in [2.24, 2.45) is 0 Å². The largest absolute Gasteiger partial charge is 0.465 e. The second kappa shape index (κ2) is 6.35. The number of allylic oxidation sites excluding steroid dienone is 1. The van der Waals surface area contributed by atoms with Gasteiger partial charge in [0, 0.05) is 20.1 Å². The van der Waals surface area contributed by atoms with Gasteiger partial charge in [-0.15, -0.1) is 0 Å². The van der Waals surface area contributed by atoms with Crippen LogP contribution in [0.3, 0.4) is 0 Å². The Hall–Kier alpha value is -1.86. The SMILES string of the molecule is COC(=O)C(C(=O)OC)=C1C=CC(CCO)(OC)O1. The van der Waals surface area contributed by atoms with E-state index in [4.69, 9.17) is 14.6 Å². The summed E-state index contributed by atoms with van der Waals surface area (Å²) >= 11 is 0. The van der Waals surface area contributed by atoms with Gasteiger partial charge in [-0.3, -0.25) is 0 Å². The lowest BCUT2D eigenvalue weighted by molar-refractivity contribution is -0.162. The van der Waals surface area contributed by atoms with Crippen LogP contribution < -0.4 is 0 Å². The fraction of sp³-hybridized carbons (Fsp3) is 0.500. The van der Waals surface area contributed by atoms with E-state index in [9.17, 15) is 9.59 Å². The molecule has 0 aliphatic carbocycles. The molecule has 1 aliphatic heterocycles. The van der Waals surface area contributed by atoms with E-state index < -0.39 is 17.7 Å². The van der Waals surface area contributed by atoms with E-state index >= 15 is 0 Å². The summed E-state index contributed by atoms with van der Waals surface area (Å²) < 4.78 is 19.6. The molecular formula is C12H16O7. The van der Waals surface area contributed by atoms with Gasteiger partial charge in [0.05, 0.1) is 14.2 Å². The highest BCUT2D eigenvalue weighted by Crippen LogP contribution is 2.31. The Bertz CT molecular complexity index is 406. The number of rotatable bonds is 5. The molecule has 1 unspecified atom stereocenters. The van der Waals surface area contributed by atoms with Gasteiger partial charge in [0.25, 0.3) is 0 Å². The van der Waals surface area contributed by atoms with E-state index in [0.717, 1.165) is 14.2 Å². The molecule has 19 heavy (non-hydrogen) atoms. The van der Waals surface area contributed by atoms with E-state index in [1.807, 2.05) is 0 Å². The minimum Gasteiger partial charge on any atom is -0.465 e. The van der Waals surface area contributed by atoms with Gasteiger partial charge in [0.15, 0.2) is 5.57 Å². The van der Waals surface area contributed by atoms with Crippen LogP contribution in [0.1, 0.15) is 6.42 Å². The minimum absolute atomic E-state index is 0.0194. The molecule has 7 heteroatoms. The monoisotopic (exact) mass is 272 g/mol. The van der Waals surface area contributed by atoms with Crippen molar-refractivity contribution in [1.29, 1.82) is 0 Å². The first-order chi connectivity index (χ1) is 9.03. The van der Waals surface area contributed by atoms with E-state index in [1.165, 1.54) is 19.3 Å². The molecule has 0 aromatic carbocycles. The smallest absolute Gasteiger partial charge is 0.349 e. The highest BCUT2D eigenvalue weighted by Gasteiger charge is 2.37. The number of esters is 2. The van der Waals surface area contributed by atoms with Crippen LogP contribution in [0.15, 0.2) is 23.5 Å². The number of aliphatic hydroxyl groups excluding tert-OH is 1. The summed E-state index contributed by atoms with van der Waals surface area (Å²) in [5.41, 5.74) is -0.363. The molecule has 0 bridgehead atoms. The molecular weight excluding hydrogens is 256 g/mol. The first-order valence-corrected chi connectivity index (χ1v) is 5.48. The molecule has 0 aromatic rings. The lowest BCUT2D eigenvalue weighted by Gasteiger charge is -2.25. The molecule has 1 aliphatic rings. The van der Waals surface area contributed by atoms with Crippen molar-refractivity contribution in [2.75, 3.05) is 27.9 Å². The molecule has 1 heterocycles. The van der Waals surface area contributed by atoms with Crippen LogP contribution in [0, 0.1) is 0 Å². The van der Waals surface area contributed by atoms with Crippen molar-refractivity contribution in [3.8, 4) is 0 Å². The highest BCUT2D eigenvalue weighted by molar-refractivity contribution is 6.14. The van der Waals surface area contributed by atoms with Gasteiger partial charge in [-0.1, -0.05) is 0 Å². The van der Waals surface area contributed by atoms with Gasteiger partial charge in [0.1, 0.15) is 5.76 Å². The molecule has 0 aromatic heterocycles. The minimum atomic E-state index is -1.20. The highest BCUT2D eigenvalue weighted by atomic mass is 16.7. The molecule has 1 rings (SSSR count). The molecule has 0 saturated heterocycles. The third-order valence-corrected chi connectivity index (χ3v) is 2.60. The zero-order chi connectivity index (χ0) is 14.5. The molecule has 0 saturated carbocycles. The normalized spacial score (nSPS) is 20.9. The first kappa shape index (κ1) is 15.2. The number of hydrogen-bond donors (Lipinski definition) is 1. The van der Waals surface area contributed by atoms with Crippen molar-refractivity contribution in [1.82, 2.24) is 0 Å². The zero-order valence-electron chi connectivity index (χ0n) is 11.0. The summed E-state index contributed by atoms with van der Waals surface area (Å²) in [6.07, 6.45) is 3.06. The maximum Gasteiger partial charge on any atom is 0.349 e. The van der Waals surface area contributed by atoms with E-state index in [-0.39, 0.29) is 24.4 Å². The van der Waals surface area contributed by atoms with Crippen LogP contribution in [-0.4, -0.2) is 50.8 Å². The summed E-state index contributed by atoms with van der Waals surface area (Å²) in [5, 5.41) is 8.97. The van der Waals surface area contributed by atoms with Gasteiger partial charge in [-0.25, -0.2) is 9.59 Å². The van der Waals surface area contributed by atoms with Crippen LogP contribution in [0.2, 0.25) is 0 Å². The fourth-order valence-corrected chi connectivity index (χ4v) is 1.58. The van der Waals surface area contributed by atoms with Gasteiger partial charge in [-0.05, 0) is 12.2 Å². The van der Waals surface area contributed by atoms with Gasteiger partial charge >= 0.3 is 11.9 Å². The lowest BCUT2D eigenvalue weighted by atomic mass is 10.2. The number of methoxy groups -OCH3 is 3. The maximum atomic E-state index is 11.6. The van der Waals surface area contributed by atoms with Crippen LogP contribution in [0.4, 0.5) is 0 Å². The standard InChI is InChI=1S/C12H16O7/c1-16-10(14)9(11(15)17-2)8-4-5-12(18-3,19-8)6-7-13/h4-5,13H,6-7H2,1-3H3. The predicted molar refractivity (Wildman–Crippen MR) is 62.7 cm³/mol. The second-order valence-corrected chi connectivity index (χ2v) is 3.65. The Morgan fingerprint density at radius 2 is 1.84 bits per heavy atom. The molecule has 7 nitrogen and oxygen atoms in total. The number of carbonyl (C=O) groups is 2. The van der Waals surface area contributed by atoms with Crippen molar-refractivity contribution in [3.63, 3.8) is 0 Å². The van der Waals surface area contributed by atoms with Crippen molar-refractivity contribution in [3.05, 3.63) is 23.5 Å². The maximum absolute atomic E-state index is 11.6. The van der Waals surface area contributed by atoms with Gasteiger partial charge in [-0.2, -0.15) is 0 Å². The van der Waals surface area contributed by atoms with Crippen molar-refractivity contribution in [2.45, 2.75) is 12.2 Å². The average Bonchev–Trinajstić information content (AvgIpc) is 2.83. The van der Waals surface area contributed by atoms with E-state index in [0.29, 0.717) is 0 Å². The molecule has 0 amide bonds. The molecule has 0 radical (unpaired) electrons. The second-order valence-electron chi connectivity index (χ2n) is 3.65. The topological polar surface area (TPSA) is 91.3 Å². The summed E-state index contributed by atoms with van der Waals surface area (Å²) in [6, 6.07) is 0. The number of carbonyl (C=O) groups excluding carboxylic acids is 2. The third-order valence-electron chi connectivity index (χ3n) is 2.60. The van der Waals surface area contributed by atoms with Crippen LogP contribution in [0.25, 0.3) is 0 Å². The molecule has 1 atom stereocenters. The molecule has 0 fully saturated rings. The number of aliphatic hydroxyl groups is 1. The fourth-order valence-electron chi connectivity index (χ4n) is 1.58. The molecule has 1 N–H and O–H groups in total. The summed E-state index contributed by atoms with van der Waals surface area (Å²) in [5.74, 6) is -2.96. The van der Waals surface area contributed by atoms with Gasteiger partial charge < -0.3 is 24.1 Å². The Morgan fingerprint density at radius 3 is 2.26 bits per heavy atom. The van der Waals surface area contributed by atoms with Crippen LogP contribution in [0.5, 0.6) is 0 Å². The van der Waals surface area contributed by atoms with Gasteiger partial charge in [0.2, 0.25) is 5.79 Å². The van der Waals surface area contributed by atoms with E-state index in [1.54, 1.807) is 0 Å². The summed E-state index contributed by atoms with van der Waals surface area (Å²) in [6.45, 7) is -0.183. The van der Waals surface area contributed by atoms with Crippen molar-refractivity contribution < 1.29 is 33.6 Å². The Kier molecular flexibility index (Phi) is 5.08. The Balaban J connectivity index is 3.12. The lowest BCUT2D eigenvalue weighted by Crippen LogP contribution is -2.31. The number of ether oxygens (including phenoxy) is 4. The average molecular weight is 272 g/mol. The third kappa shape index (κ3) is 3.12. The first-order valence-electron chi connectivity index (χ1n) is 5.48. The summed E-state index contributed by atoms with van der Waals surface area (Å²) in [4.78, 5) is 23.1. The van der Waals surface area contributed by atoms with Crippen LogP contribution >= 0.6 is 0 Å². The summed E-state index contributed by atoms with van der Waals surface area (Å²) in [7, 11) is 3.67.